The van der Waals surface area contributed by atoms with Gasteiger partial charge in [0, 0.05) is 11.4 Å². The molecule has 0 fully saturated rings. The lowest BCUT2D eigenvalue weighted by atomic mass is 10.1. The molecule has 1 aromatic rings. The molecule has 12 heavy (non-hydrogen) atoms. The Bertz CT molecular complexity index is 249. The Morgan fingerprint density at radius 3 is 2.67 bits per heavy atom. The fourth-order valence-corrected chi connectivity index (χ4v) is 1.70. The molecule has 2 unspecified atom stereocenters. The first-order valence-electron chi connectivity index (χ1n) is 3.76. The van der Waals surface area contributed by atoms with Gasteiger partial charge >= 0.3 is 0 Å². The minimum absolute atomic E-state index is 0.0794. The van der Waals surface area contributed by atoms with E-state index in [1.54, 1.807) is 11.3 Å². The highest BCUT2D eigenvalue weighted by molar-refractivity contribution is 7.10. The first kappa shape index (κ1) is 9.67. The van der Waals surface area contributed by atoms with E-state index in [-0.39, 0.29) is 6.54 Å². The van der Waals surface area contributed by atoms with Crippen molar-refractivity contribution in [1.29, 1.82) is 0 Å². The maximum atomic E-state index is 9.48. The summed E-state index contributed by atoms with van der Waals surface area (Å²) in [5, 5.41) is 20.5. The summed E-state index contributed by atoms with van der Waals surface area (Å²) in [6.07, 6.45) is -1.71. The first-order chi connectivity index (χ1) is 5.65. The van der Waals surface area contributed by atoms with Crippen LogP contribution in [0.1, 0.15) is 16.5 Å². The number of aliphatic hydroxyl groups is 2. The molecule has 1 rings (SSSR count). The first-order valence-corrected chi connectivity index (χ1v) is 4.64. The molecule has 0 spiro atoms. The van der Waals surface area contributed by atoms with Crippen molar-refractivity contribution < 1.29 is 10.2 Å². The van der Waals surface area contributed by atoms with Crippen molar-refractivity contribution in [3.63, 3.8) is 0 Å². The van der Waals surface area contributed by atoms with Crippen LogP contribution in [0.3, 0.4) is 0 Å². The van der Waals surface area contributed by atoms with Gasteiger partial charge in [-0.3, -0.25) is 0 Å². The number of aryl methyl sites for hydroxylation is 1. The Morgan fingerprint density at radius 2 is 2.25 bits per heavy atom. The maximum Gasteiger partial charge on any atom is 0.107 e. The fourth-order valence-electron chi connectivity index (χ4n) is 0.970. The van der Waals surface area contributed by atoms with E-state index in [0.29, 0.717) is 0 Å². The van der Waals surface area contributed by atoms with Crippen LogP contribution in [-0.4, -0.2) is 22.9 Å². The molecule has 0 aliphatic heterocycles. The van der Waals surface area contributed by atoms with Crippen LogP contribution in [0.15, 0.2) is 11.4 Å². The van der Waals surface area contributed by atoms with Crippen molar-refractivity contribution in [3.05, 3.63) is 21.9 Å². The number of aliphatic hydroxyl groups excluding tert-OH is 2. The number of nitrogens with two attached hydrogens (primary N) is 1. The monoisotopic (exact) mass is 187 g/mol. The van der Waals surface area contributed by atoms with Crippen LogP contribution < -0.4 is 5.73 Å². The Balaban J connectivity index is 2.70. The summed E-state index contributed by atoms with van der Waals surface area (Å²) in [4.78, 5) is 1.12. The summed E-state index contributed by atoms with van der Waals surface area (Å²) in [7, 11) is 0. The van der Waals surface area contributed by atoms with E-state index >= 15 is 0 Å². The van der Waals surface area contributed by atoms with Crippen molar-refractivity contribution >= 4 is 11.3 Å². The summed E-state index contributed by atoms with van der Waals surface area (Å²) in [5.74, 6) is 0. The van der Waals surface area contributed by atoms with Gasteiger partial charge in [-0.05, 0) is 23.9 Å². The smallest absolute Gasteiger partial charge is 0.107 e. The number of rotatable bonds is 3. The van der Waals surface area contributed by atoms with Gasteiger partial charge in [0.2, 0.25) is 0 Å². The minimum atomic E-state index is -0.862. The van der Waals surface area contributed by atoms with E-state index < -0.39 is 12.2 Å². The molecule has 0 saturated carbocycles. The summed E-state index contributed by atoms with van der Waals surface area (Å²) < 4.78 is 0. The second kappa shape index (κ2) is 4.00. The van der Waals surface area contributed by atoms with Crippen molar-refractivity contribution in [2.24, 2.45) is 5.73 Å². The summed E-state index contributed by atoms with van der Waals surface area (Å²) in [5.41, 5.74) is 5.96. The molecule has 0 aliphatic rings. The second-order valence-electron chi connectivity index (χ2n) is 2.74. The lowest BCUT2D eigenvalue weighted by Gasteiger charge is -2.14. The molecule has 0 aliphatic carbocycles. The lowest BCUT2D eigenvalue weighted by Crippen LogP contribution is -2.26. The highest BCUT2D eigenvalue weighted by atomic mass is 32.1. The van der Waals surface area contributed by atoms with Crippen LogP contribution in [0, 0.1) is 6.92 Å². The lowest BCUT2D eigenvalue weighted by molar-refractivity contribution is 0.0246. The molecule has 0 radical (unpaired) electrons. The molecule has 68 valence electrons. The Morgan fingerprint density at radius 1 is 1.58 bits per heavy atom. The van der Waals surface area contributed by atoms with E-state index in [0.717, 1.165) is 10.4 Å². The molecule has 0 amide bonds. The largest absolute Gasteiger partial charge is 0.389 e. The third kappa shape index (κ3) is 2.04. The van der Waals surface area contributed by atoms with E-state index in [4.69, 9.17) is 5.73 Å². The number of hydrogen-bond donors (Lipinski definition) is 3. The minimum Gasteiger partial charge on any atom is -0.389 e. The Hall–Kier alpha value is -0.420. The fraction of sp³-hybridized carbons (Fsp3) is 0.500. The molecule has 1 aromatic heterocycles. The third-order valence-corrected chi connectivity index (χ3v) is 2.58. The average molecular weight is 187 g/mol. The van der Waals surface area contributed by atoms with Crippen molar-refractivity contribution in [2.45, 2.75) is 19.1 Å². The van der Waals surface area contributed by atoms with Gasteiger partial charge in [0.15, 0.2) is 0 Å². The number of hydrogen-bond acceptors (Lipinski definition) is 4. The number of thiophene rings is 1. The van der Waals surface area contributed by atoms with Crippen LogP contribution in [0.4, 0.5) is 0 Å². The van der Waals surface area contributed by atoms with Crippen LogP contribution >= 0.6 is 11.3 Å². The molecule has 1 heterocycles. The van der Waals surface area contributed by atoms with Crippen molar-refractivity contribution in [3.8, 4) is 0 Å². The van der Waals surface area contributed by atoms with Crippen LogP contribution in [0.5, 0.6) is 0 Å². The molecule has 4 N–H and O–H groups in total. The molecule has 0 saturated heterocycles. The standard InChI is InChI=1S/C8H13NO2S/c1-5-2-6(4-12-5)8(11)7(10)3-9/h2,4,7-8,10-11H,3,9H2,1H3. The highest BCUT2D eigenvalue weighted by Crippen LogP contribution is 2.22. The van der Waals surface area contributed by atoms with Crippen LogP contribution in [-0.2, 0) is 0 Å². The summed E-state index contributed by atoms with van der Waals surface area (Å²) in [6, 6.07) is 1.86. The van der Waals surface area contributed by atoms with Gasteiger partial charge < -0.3 is 15.9 Å². The van der Waals surface area contributed by atoms with Gasteiger partial charge in [-0.25, -0.2) is 0 Å². The zero-order valence-corrected chi connectivity index (χ0v) is 7.71. The van der Waals surface area contributed by atoms with E-state index in [1.165, 1.54) is 0 Å². The molecule has 0 bridgehead atoms. The Labute approximate surface area is 75.5 Å². The zero-order valence-electron chi connectivity index (χ0n) is 6.90. The zero-order chi connectivity index (χ0) is 9.14. The van der Waals surface area contributed by atoms with E-state index in [9.17, 15) is 10.2 Å². The van der Waals surface area contributed by atoms with Gasteiger partial charge in [-0.15, -0.1) is 11.3 Å². The summed E-state index contributed by atoms with van der Waals surface area (Å²) in [6.45, 7) is 2.03. The van der Waals surface area contributed by atoms with E-state index in [1.807, 2.05) is 18.4 Å². The van der Waals surface area contributed by atoms with E-state index in [2.05, 4.69) is 0 Å². The highest BCUT2D eigenvalue weighted by Gasteiger charge is 2.17. The third-order valence-electron chi connectivity index (χ3n) is 1.70. The van der Waals surface area contributed by atoms with Crippen LogP contribution in [0.2, 0.25) is 0 Å². The van der Waals surface area contributed by atoms with Crippen molar-refractivity contribution in [2.75, 3.05) is 6.54 Å². The topological polar surface area (TPSA) is 66.5 Å². The SMILES string of the molecule is Cc1cc(C(O)C(O)CN)cs1. The molecular weight excluding hydrogens is 174 g/mol. The molecule has 2 atom stereocenters. The normalized spacial score (nSPS) is 16.0. The maximum absolute atomic E-state index is 9.48. The molecular formula is C8H13NO2S. The van der Waals surface area contributed by atoms with Crippen LogP contribution in [0.25, 0.3) is 0 Å². The van der Waals surface area contributed by atoms with Gasteiger partial charge in [0.25, 0.3) is 0 Å². The molecule has 4 heteroatoms. The van der Waals surface area contributed by atoms with Gasteiger partial charge in [0.05, 0.1) is 6.10 Å². The summed E-state index contributed by atoms with van der Waals surface area (Å²) >= 11 is 1.55. The molecule has 0 aromatic carbocycles. The van der Waals surface area contributed by atoms with Gasteiger partial charge in [0.1, 0.15) is 6.10 Å². The predicted octanol–water partition coefficient (Wildman–Crippen LogP) is 0.410. The average Bonchev–Trinajstić information content (AvgIpc) is 2.49. The quantitative estimate of drug-likeness (QED) is 0.642. The Kier molecular flexibility index (Phi) is 3.22. The van der Waals surface area contributed by atoms with Gasteiger partial charge in [-0.2, -0.15) is 0 Å². The van der Waals surface area contributed by atoms with Gasteiger partial charge in [-0.1, -0.05) is 0 Å². The predicted molar refractivity (Wildman–Crippen MR) is 49.1 cm³/mol. The second-order valence-corrected chi connectivity index (χ2v) is 3.85. The van der Waals surface area contributed by atoms with Crippen molar-refractivity contribution in [1.82, 2.24) is 0 Å². The molecule has 3 nitrogen and oxygen atoms in total.